The molecule has 0 aliphatic heterocycles. The summed E-state index contributed by atoms with van der Waals surface area (Å²) in [5.74, 6) is 0.917. The second-order valence-corrected chi connectivity index (χ2v) is 4.90. The standard InChI is InChI=1S/C19H13O.2ClH.Zr/c1-2-6-14(7-3-1)17-9-4-8-15-12-16(13-18(15)17)19-10-5-11-20-19;;;/h1-13H;2*1H;/q-1;;;. The van der Waals surface area contributed by atoms with Crippen LogP contribution in [0.3, 0.4) is 0 Å². The van der Waals surface area contributed by atoms with Gasteiger partial charge in [-0.2, -0.15) is 0 Å². The van der Waals surface area contributed by atoms with Crippen molar-refractivity contribution in [2.45, 2.75) is 0 Å². The smallest absolute Gasteiger partial charge is 0.0796 e. The second kappa shape index (κ2) is 8.59. The fraction of sp³-hybridized carbons (Fsp3) is 0. The van der Waals surface area contributed by atoms with E-state index in [-0.39, 0.29) is 51.0 Å². The van der Waals surface area contributed by atoms with Crippen LogP contribution in [0.1, 0.15) is 0 Å². The molecule has 0 aliphatic carbocycles. The Morgan fingerprint density at radius 2 is 1.57 bits per heavy atom. The van der Waals surface area contributed by atoms with E-state index in [1.165, 1.54) is 21.9 Å². The van der Waals surface area contributed by atoms with Crippen molar-refractivity contribution in [1.82, 2.24) is 0 Å². The van der Waals surface area contributed by atoms with Gasteiger partial charge in [-0.1, -0.05) is 59.7 Å². The Bertz CT molecular complexity index is 852. The molecule has 23 heavy (non-hydrogen) atoms. The summed E-state index contributed by atoms with van der Waals surface area (Å²) in [5, 5.41) is 2.52. The molecule has 1 aromatic heterocycles. The van der Waals surface area contributed by atoms with Gasteiger partial charge in [-0.25, -0.2) is 0 Å². The van der Waals surface area contributed by atoms with E-state index in [4.69, 9.17) is 4.42 Å². The van der Waals surface area contributed by atoms with Crippen molar-refractivity contribution in [3.8, 4) is 22.5 Å². The zero-order valence-corrected chi connectivity index (χ0v) is 16.3. The third kappa shape index (κ3) is 3.83. The number of fused-ring (bicyclic) bond motifs is 1. The minimum Gasteiger partial charge on any atom is -0.499 e. The molecule has 4 rings (SSSR count). The maximum atomic E-state index is 5.49. The minimum absolute atomic E-state index is 0. The fourth-order valence-electron chi connectivity index (χ4n) is 2.69. The molecule has 0 amide bonds. The Balaban J connectivity index is 0.000000882. The van der Waals surface area contributed by atoms with Gasteiger partial charge in [0.15, 0.2) is 0 Å². The molecule has 0 atom stereocenters. The van der Waals surface area contributed by atoms with Gasteiger partial charge >= 0.3 is 0 Å². The summed E-state index contributed by atoms with van der Waals surface area (Å²) in [7, 11) is 0. The zero-order valence-electron chi connectivity index (χ0n) is 12.2. The molecule has 0 N–H and O–H groups in total. The van der Waals surface area contributed by atoms with Crippen LogP contribution in [0.15, 0.2) is 83.5 Å². The molecule has 0 fully saturated rings. The first-order chi connectivity index (χ1) is 9.92. The van der Waals surface area contributed by atoms with E-state index in [2.05, 4.69) is 54.6 Å². The largest absolute Gasteiger partial charge is 0.499 e. The summed E-state index contributed by atoms with van der Waals surface area (Å²) in [6.07, 6.45) is 1.71. The normalized spacial score (nSPS) is 9.57. The average Bonchev–Trinajstić information content (AvgIpc) is 3.16. The summed E-state index contributed by atoms with van der Waals surface area (Å²) < 4.78 is 5.49. The summed E-state index contributed by atoms with van der Waals surface area (Å²) in [6.45, 7) is 0. The summed E-state index contributed by atoms with van der Waals surface area (Å²) >= 11 is 0. The summed E-state index contributed by atoms with van der Waals surface area (Å²) in [4.78, 5) is 0. The fourth-order valence-corrected chi connectivity index (χ4v) is 2.69. The van der Waals surface area contributed by atoms with E-state index in [1.54, 1.807) is 6.26 Å². The second-order valence-electron chi connectivity index (χ2n) is 4.90. The first-order valence-electron chi connectivity index (χ1n) is 6.70. The van der Waals surface area contributed by atoms with Crippen molar-refractivity contribution in [3.63, 3.8) is 0 Å². The van der Waals surface area contributed by atoms with Crippen LogP contribution in [0.5, 0.6) is 0 Å². The molecular weight excluding hydrogens is 406 g/mol. The maximum Gasteiger partial charge on any atom is 0.0796 e. The van der Waals surface area contributed by atoms with E-state index in [0.29, 0.717) is 0 Å². The van der Waals surface area contributed by atoms with E-state index >= 15 is 0 Å². The van der Waals surface area contributed by atoms with Gasteiger partial charge in [0.05, 0.1) is 12.0 Å². The molecule has 0 unspecified atom stereocenters. The van der Waals surface area contributed by atoms with Crippen LogP contribution in [0.2, 0.25) is 0 Å². The van der Waals surface area contributed by atoms with Gasteiger partial charge in [0.25, 0.3) is 0 Å². The van der Waals surface area contributed by atoms with Crippen LogP contribution in [0.4, 0.5) is 0 Å². The van der Waals surface area contributed by atoms with Crippen molar-refractivity contribution in [2.24, 2.45) is 0 Å². The molecule has 1 heterocycles. The minimum atomic E-state index is 0. The molecule has 4 aromatic rings. The molecule has 3 aromatic carbocycles. The molecule has 0 aliphatic rings. The number of halogens is 2. The Labute approximate surface area is 167 Å². The number of hydrogen-bond acceptors (Lipinski definition) is 1. The van der Waals surface area contributed by atoms with Gasteiger partial charge in [0, 0.05) is 26.2 Å². The number of benzene rings is 2. The predicted molar refractivity (Wildman–Crippen MR) is 97.2 cm³/mol. The molecule has 0 bridgehead atoms. The average molecular weight is 421 g/mol. The van der Waals surface area contributed by atoms with E-state index < -0.39 is 0 Å². The van der Waals surface area contributed by atoms with Crippen molar-refractivity contribution in [1.29, 1.82) is 0 Å². The Hall–Kier alpha value is -1.21. The van der Waals surface area contributed by atoms with Gasteiger partial charge in [0.1, 0.15) is 0 Å². The van der Waals surface area contributed by atoms with Crippen LogP contribution in [-0.2, 0) is 26.2 Å². The summed E-state index contributed by atoms with van der Waals surface area (Å²) in [5.41, 5.74) is 3.64. The first kappa shape index (κ1) is 19.8. The van der Waals surface area contributed by atoms with Crippen molar-refractivity contribution in [2.75, 3.05) is 0 Å². The van der Waals surface area contributed by atoms with Gasteiger partial charge in [0.2, 0.25) is 0 Å². The van der Waals surface area contributed by atoms with Crippen LogP contribution < -0.4 is 0 Å². The molecule has 0 saturated heterocycles. The molecule has 4 heteroatoms. The van der Waals surface area contributed by atoms with Crippen molar-refractivity contribution < 1.29 is 30.6 Å². The van der Waals surface area contributed by atoms with E-state index in [0.717, 1.165) is 11.3 Å². The summed E-state index contributed by atoms with van der Waals surface area (Å²) in [6, 6.07) is 25.2. The molecule has 0 saturated carbocycles. The Morgan fingerprint density at radius 1 is 0.783 bits per heavy atom. The molecule has 116 valence electrons. The topological polar surface area (TPSA) is 13.1 Å². The van der Waals surface area contributed by atoms with Gasteiger partial charge in [-0.15, -0.1) is 53.8 Å². The third-order valence-electron chi connectivity index (χ3n) is 3.64. The van der Waals surface area contributed by atoms with Crippen LogP contribution in [-0.4, -0.2) is 0 Å². The van der Waals surface area contributed by atoms with E-state index in [1.807, 2.05) is 18.2 Å². The molecular formula is C19H15Cl2OZr-. The van der Waals surface area contributed by atoms with Gasteiger partial charge in [-0.05, 0) is 11.6 Å². The van der Waals surface area contributed by atoms with Gasteiger partial charge < -0.3 is 4.42 Å². The molecule has 0 radical (unpaired) electrons. The van der Waals surface area contributed by atoms with Crippen LogP contribution in [0.25, 0.3) is 33.2 Å². The van der Waals surface area contributed by atoms with Crippen molar-refractivity contribution in [3.05, 3.63) is 79.1 Å². The van der Waals surface area contributed by atoms with Crippen LogP contribution >= 0.6 is 24.8 Å². The first-order valence-corrected chi connectivity index (χ1v) is 6.70. The monoisotopic (exact) mass is 419 g/mol. The predicted octanol–water partition coefficient (Wildman–Crippen LogP) is 6.33. The Kier molecular flexibility index (Phi) is 7.41. The number of rotatable bonds is 2. The quantitative estimate of drug-likeness (QED) is 0.345. The maximum absolute atomic E-state index is 5.49. The van der Waals surface area contributed by atoms with Gasteiger partial charge in [-0.3, -0.25) is 0 Å². The number of hydrogen-bond donors (Lipinski definition) is 0. The zero-order chi connectivity index (χ0) is 13.4. The third-order valence-corrected chi connectivity index (χ3v) is 3.64. The molecule has 0 spiro atoms. The SMILES string of the molecule is Cl.Cl.[Zr].c1ccc(-c2cccc3[cH-]c(-c4ccco4)cc23)cc1. The number of furan rings is 1. The van der Waals surface area contributed by atoms with Crippen molar-refractivity contribution >= 4 is 35.6 Å². The Morgan fingerprint density at radius 3 is 2.26 bits per heavy atom. The van der Waals surface area contributed by atoms with Crippen LogP contribution in [0, 0.1) is 0 Å². The molecule has 1 nitrogen and oxygen atoms in total. The van der Waals surface area contributed by atoms with E-state index in [9.17, 15) is 0 Å².